The minimum Gasteiger partial charge on any atom is -0.507 e. The van der Waals surface area contributed by atoms with E-state index in [1.807, 2.05) is 63.0 Å². The molecule has 19 nitrogen and oxygen atoms in total. The smallest absolute Gasteiger partial charge is 0.226 e. The van der Waals surface area contributed by atoms with Crippen LogP contribution in [0.2, 0.25) is 0 Å². The molecule has 5 aromatic rings. The van der Waals surface area contributed by atoms with Gasteiger partial charge in [-0.3, -0.25) is 33.6 Å². The van der Waals surface area contributed by atoms with Crippen molar-refractivity contribution in [2.45, 2.75) is 147 Å². The van der Waals surface area contributed by atoms with Crippen molar-refractivity contribution in [3.63, 3.8) is 0 Å². The van der Waals surface area contributed by atoms with E-state index in [1.54, 1.807) is 41.5 Å². The van der Waals surface area contributed by atoms with E-state index < -0.39 is 0 Å². The number of hydrogen-bond acceptors (Lipinski definition) is 15. The van der Waals surface area contributed by atoms with Gasteiger partial charge in [0.2, 0.25) is 23.1 Å². The third-order valence-electron chi connectivity index (χ3n) is 19.8. The number of carbonyl (C=O) groups excluding carboxylic acids is 8. The van der Waals surface area contributed by atoms with Crippen LogP contribution < -0.4 is 21.3 Å². The van der Waals surface area contributed by atoms with Crippen molar-refractivity contribution in [1.29, 1.82) is 0 Å². The Kier molecular flexibility index (Phi) is 16.0. The Morgan fingerprint density at radius 3 is 1.53 bits per heavy atom. The van der Waals surface area contributed by atoms with Gasteiger partial charge in [-0.05, 0) is 165 Å². The fourth-order valence-electron chi connectivity index (χ4n) is 14.0. The second kappa shape index (κ2) is 23.2. The number of aliphatic hydroxyl groups excluding tert-OH is 1. The lowest BCUT2D eigenvalue weighted by Gasteiger charge is -2.18. The number of rotatable bonds is 5. The van der Waals surface area contributed by atoms with Gasteiger partial charge in [-0.15, -0.1) is 0 Å². The lowest BCUT2D eigenvalue weighted by Crippen LogP contribution is -2.31. The van der Waals surface area contributed by atoms with Crippen LogP contribution >= 0.6 is 0 Å². The summed E-state index contributed by atoms with van der Waals surface area (Å²) in [5.41, 5.74) is 19.5. The third-order valence-corrected chi connectivity index (χ3v) is 19.8. The highest BCUT2D eigenvalue weighted by Gasteiger charge is 2.43. The van der Waals surface area contributed by atoms with Gasteiger partial charge < -0.3 is 54.3 Å². The standard InChI is InChI=1S/C15H16N2O2.2C14H16N2O2.C14H15NO2.C13H13NO2.CH2O/c1-7-3-4-9-10-12(16-11(7)9)15(19)13(17-5-6-17)8(2)14(10)18;1-4-9-7(2)10-11(15-9)13(17)8(3)12(14(10)18)16-5-6-16;1-4-9-7(2)10-11(15-9)14(18)12(16-5-6-16)8(3)13(10)17;1-7-8(2)14(17)12-11(13(7)16)9(3)10-5-4-6-15(10)12;1-6-7(2)13(16)11-10(12(6)15)8-4-3-5-9(8)14-11;1-2/h7,16H,3-6H2,1-2H3;2*15H,4-6H2,1-3H3;5,17H,4,6H2,1-3H3;5,15-16H,3-4H2,1-2H3;1H2. The third kappa shape index (κ3) is 9.73. The van der Waals surface area contributed by atoms with Crippen molar-refractivity contribution in [3.8, 4) is 11.5 Å². The number of allylic oxidation sites excluding steroid dienone is 9. The zero-order valence-corrected chi connectivity index (χ0v) is 53.7. The van der Waals surface area contributed by atoms with Crippen molar-refractivity contribution < 1.29 is 53.7 Å². The minimum atomic E-state index is -0.0331. The van der Waals surface area contributed by atoms with Crippen LogP contribution in [-0.2, 0) is 30.6 Å². The minimum absolute atomic E-state index is 0.0000463. The van der Waals surface area contributed by atoms with Crippen LogP contribution in [-0.4, -0.2) is 136 Å². The summed E-state index contributed by atoms with van der Waals surface area (Å²) < 4.78 is 2.06. The predicted molar refractivity (Wildman–Crippen MR) is 340 cm³/mol. The van der Waals surface area contributed by atoms with Crippen LogP contribution in [0.3, 0.4) is 0 Å². The molecule has 1 atom stereocenters. The maximum atomic E-state index is 12.6. The van der Waals surface area contributed by atoms with Crippen LogP contribution in [0.25, 0.3) is 17.4 Å². The summed E-state index contributed by atoms with van der Waals surface area (Å²) in [4.78, 5) is 115. The number of aromatic hydroxyl groups is 2. The van der Waals surface area contributed by atoms with E-state index >= 15 is 0 Å². The molecule has 3 saturated heterocycles. The number of hydrogen-bond donors (Lipinski definition) is 6. The summed E-state index contributed by atoms with van der Waals surface area (Å²) in [5.74, 6) is 1.22. The largest absolute Gasteiger partial charge is 0.507 e. The highest BCUT2D eigenvalue weighted by Crippen LogP contribution is 2.42. The molecular formula is C71H78N8O11. The SMILES string of the molecule is C=O.CC1=C(C)C(O)=c2c(c(C)c3n2CCC=3)C1=O.CC1=C(N2CC2)C(=O)c2[nH]c3c(c2C1=O)CCC3C.CCc1[nH]c2c(c1C)C(=O)C(C)=C(N1CC1)C2=O.CCc1[nH]c2c(c1C)C(=O)C(N1CC1)=C(C)C2=O.Cc1c(C)c(O)c2c(c1O)=NC1=CCCC=21. The number of ketones is 7. The lowest BCUT2D eigenvalue weighted by molar-refractivity contribution is -0.0980. The molecule has 6 aliphatic carbocycles. The number of aromatic nitrogens is 4. The first-order valence-corrected chi connectivity index (χ1v) is 31.2. The van der Waals surface area contributed by atoms with Crippen molar-refractivity contribution in [2.24, 2.45) is 4.99 Å². The average Bonchev–Trinajstić information content (AvgIpc) is 1.62. The van der Waals surface area contributed by atoms with Crippen molar-refractivity contribution in [1.82, 2.24) is 34.2 Å². The predicted octanol–water partition coefficient (Wildman–Crippen LogP) is 7.91. The van der Waals surface area contributed by atoms with Crippen LogP contribution in [0, 0.1) is 34.6 Å². The Hall–Kier alpha value is -9.39. The fourth-order valence-corrected chi connectivity index (χ4v) is 14.0. The van der Waals surface area contributed by atoms with Crippen LogP contribution in [0.15, 0.2) is 61.7 Å². The monoisotopic (exact) mass is 1220 g/mol. The van der Waals surface area contributed by atoms with Crippen LogP contribution in [0.4, 0.5) is 0 Å². The Morgan fingerprint density at radius 1 is 0.511 bits per heavy atom. The Bertz CT molecular complexity index is 4580. The zero-order valence-electron chi connectivity index (χ0n) is 53.7. The molecule has 1 unspecified atom stereocenters. The van der Waals surface area contributed by atoms with E-state index in [-0.39, 0.29) is 57.7 Å². The second-order valence-electron chi connectivity index (χ2n) is 24.9. The zero-order chi connectivity index (χ0) is 65.1. The summed E-state index contributed by atoms with van der Waals surface area (Å²) in [6.07, 6.45) is 10.6. The van der Waals surface area contributed by atoms with E-state index in [0.717, 1.165) is 163 Å². The van der Waals surface area contributed by atoms with Gasteiger partial charge in [0.25, 0.3) is 0 Å². The average molecular weight is 1220 g/mol. The molecule has 6 N–H and O–H groups in total. The molecule has 468 valence electrons. The molecule has 0 amide bonds. The number of benzene rings is 1. The van der Waals surface area contributed by atoms with Gasteiger partial charge in [0.15, 0.2) is 17.3 Å². The summed E-state index contributed by atoms with van der Waals surface area (Å²) in [6.45, 7) is 32.6. The maximum Gasteiger partial charge on any atom is 0.226 e. The molecule has 0 radical (unpaired) electrons. The van der Waals surface area contributed by atoms with Crippen molar-refractivity contribution in [3.05, 3.63) is 168 Å². The second-order valence-corrected chi connectivity index (χ2v) is 24.9. The van der Waals surface area contributed by atoms with Gasteiger partial charge in [-0.25, -0.2) is 4.99 Å². The van der Waals surface area contributed by atoms with E-state index in [1.165, 1.54) is 0 Å². The van der Waals surface area contributed by atoms with Gasteiger partial charge in [0.05, 0.1) is 61.3 Å². The van der Waals surface area contributed by atoms with Gasteiger partial charge in [-0.2, -0.15) is 0 Å². The molecular weight excluding hydrogens is 1140 g/mol. The summed E-state index contributed by atoms with van der Waals surface area (Å²) in [5, 5.41) is 33.6. The molecule has 5 aliphatic heterocycles. The molecule has 0 spiro atoms. The normalized spacial score (nSPS) is 19.2. The van der Waals surface area contributed by atoms with Gasteiger partial charge >= 0.3 is 0 Å². The summed E-state index contributed by atoms with van der Waals surface area (Å²) in [7, 11) is 0. The maximum absolute atomic E-state index is 12.6. The summed E-state index contributed by atoms with van der Waals surface area (Å²) in [6, 6.07) is 0. The molecule has 11 aliphatic rings. The van der Waals surface area contributed by atoms with Gasteiger partial charge in [0.1, 0.15) is 40.8 Å². The first-order chi connectivity index (χ1) is 42.9. The number of H-pyrrole nitrogens is 3. The number of phenolic OH excluding ortho intramolecular Hbond substituents is 2. The molecule has 0 bridgehead atoms. The molecule has 4 aromatic heterocycles. The Morgan fingerprint density at radius 2 is 0.989 bits per heavy atom. The molecule has 19 heteroatoms. The number of aromatic amines is 3. The lowest BCUT2D eigenvalue weighted by atomic mass is 9.90. The number of phenols is 2. The number of nitrogens with one attached hydrogen (secondary N) is 3. The first kappa shape index (κ1) is 62.2. The number of Topliss-reactive ketones (excluding diaryl/α,β-unsaturated/α-hetero) is 7. The van der Waals surface area contributed by atoms with E-state index in [4.69, 9.17) is 4.79 Å². The topological polar surface area (TPSA) is 271 Å². The van der Waals surface area contributed by atoms with E-state index in [0.29, 0.717) is 101 Å². The van der Waals surface area contributed by atoms with Crippen LogP contribution in [0.1, 0.15) is 210 Å². The highest BCUT2D eigenvalue weighted by atomic mass is 16.3. The number of fused-ring (bicyclic) bond motifs is 10. The number of aryl methyl sites for hydroxylation is 2. The summed E-state index contributed by atoms with van der Waals surface area (Å²) >= 11 is 0. The molecule has 90 heavy (non-hydrogen) atoms. The van der Waals surface area contributed by atoms with E-state index in [2.05, 4.69) is 43.6 Å². The number of aliphatic hydroxyl groups is 1. The molecule has 1 aromatic carbocycles. The Balaban J connectivity index is 0.000000115. The van der Waals surface area contributed by atoms with Gasteiger partial charge in [0, 0.05) is 90.5 Å². The fraction of sp³-hybridized carbons (Fsp3) is 0.394. The molecule has 16 rings (SSSR count). The quantitative estimate of drug-likeness (QED) is 0.0721. The molecule has 3 fully saturated rings. The molecule has 0 saturated carbocycles. The van der Waals surface area contributed by atoms with Gasteiger partial charge in [-0.1, -0.05) is 32.9 Å². The number of nitrogens with zero attached hydrogens (tertiary/aromatic N) is 5. The van der Waals surface area contributed by atoms with Crippen molar-refractivity contribution in [2.75, 3.05) is 39.3 Å². The first-order valence-electron chi connectivity index (χ1n) is 31.2. The molecule has 9 heterocycles. The highest BCUT2D eigenvalue weighted by molar-refractivity contribution is 6.28. The van der Waals surface area contributed by atoms with E-state index in [9.17, 15) is 48.9 Å². The van der Waals surface area contributed by atoms with Crippen molar-refractivity contribution >= 4 is 64.7 Å². The Labute approximate surface area is 521 Å². The number of carbonyl (C=O) groups is 8. The van der Waals surface area contributed by atoms with Crippen LogP contribution in [0.5, 0.6) is 11.5 Å².